The minimum Gasteiger partial charge on any atom is -0.458 e. The van der Waals surface area contributed by atoms with Gasteiger partial charge in [-0.3, -0.25) is 4.79 Å². The fourth-order valence-electron chi connectivity index (χ4n) is 1.53. The molecule has 0 spiro atoms. The molecule has 8 heteroatoms. The van der Waals surface area contributed by atoms with E-state index in [4.69, 9.17) is 9.47 Å². The van der Waals surface area contributed by atoms with Crippen molar-refractivity contribution < 1.29 is 29.0 Å². The summed E-state index contributed by atoms with van der Waals surface area (Å²) in [6.45, 7) is 10.0. The van der Waals surface area contributed by atoms with Crippen LogP contribution in [-0.4, -0.2) is 53.5 Å². The third kappa shape index (κ3) is 9.72. The molecule has 2 atom stereocenters. The summed E-state index contributed by atoms with van der Waals surface area (Å²) >= 11 is 0. The van der Waals surface area contributed by atoms with E-state index in [0.29, 0.717) is 0 Å². The molecular formula is C15H28N2O6. The van der Waals surface area contributed by atoms with Crippen LogP contribution in [0.4, 0.5) is 4.79 Å². The van der Waals surface area contributed by atoms with Crippen molar-refractivity contribution in [3.8, 4) is 0 Å². The van der Waals surface area contributed by atoms with E-state index < -0.39 is 41.3 Å². The maximum atomic E-state index is 12.2. The molecule has 0 bridgehead atoms. The number of ether oxygens (including phenoxy) is 2. The number of carbonyl (C=O) groups excluding carboxylic acids is 3. The summed E-state index contributed by atoms with van der Waals surface area (Å²) in [5.74, 6) is -1.42. The molecule has 0 rings (SSSR count). The Labute approximate surface area is 136 Å². The third-order valence-electron chi connectivity index (χ3n) is 2.39. The SMILES string of the molecule is CNC(=O)[C@@H](O)C[C@@H](NC(=O)OC(C)(C)C)C(=O)OC(C)(C)C. The van der Waals surface area contributed by atoms with E-state index in [1.807, 2.05) is 0 Å². The first-order valence-corrected chi connectivity index (χ1v) is 7.37. The van der Waals surface area contributed by atoms with Crippen LogP contribution in [0.1, 0.15) is 48.0 Å². The molecule has 0 aliphatic rings. The molecule has 0 saturated heterocycles. The summed E-state index contributed by atoms with van der Waals surface area (Å²) in [6, 6.07) is -1.21. The van der Waals surface area contributed by atoms with Gasteiger partial charge in [0.1, 0.15) is 23.3 Å². The molecule has 0 radical (unpaired) electrons. The predicted molar refractivity (Wildman–Crippen MR) is 83.7 cm³/mol. The van der Waals surface area contributed by atoms with Crippen LogP contribution in [0.3, 0.4) is 0 Å². The Bertz CT molecular complexity index is 436. The fourth-order valence-corrected chi connectivity index (χ4v) is 1.53. The van der Waals surface area contributed by atoms with E-state index in [2.05, 4.69) is 10.6 Å². The maximum absolute atomic E-state index is 12.2. The molecule has 3 N–H and O–H groups in total. The van der Waals surface area contributed by atoms with Gasteiger partial charge in [0.05, 0.1) is 0 Å². The highest BCUT2D eigenvalue weighted by atomic mass is 16.6. The second-order valence-corrected chi connectivity index (χ2v) is 7.10. The Kier molecular flexibility index (Phi) is 7.50. The molecule has 2 amide bonds. The van der Waals surface area contributed by atoms with E-state index in [1.165, 1.54) is 7.05 Å². The Morgan fingerprint density at radius 3 is 1.87 bits per heavy atom. The number of aliphatic hydroxyl groups excluding tert-OH is 1. The topological polar surface area (TPSA) is 114 Å². The molecule has 23 heavy (non-hydrogen) atoms. The average Bonchev–Trinajstić information content (AvgIpc) is 2.32. The van der Waals surface area contributed by atoms with Gasteiger partial charge in [-0.1, -0.05) is 0 Å². The summed E-state index contributed by atoms with van der Waals surface area (Å²) in [5, 5.41) is 14.4. The first-order valence-electron chi connectivity index (χ1n) is 7.37. The van der Waals surface area contributed by atoms with E-state index in [-0.39, 0.29) is 6.42 Å². The van der Waals surface area contributed by atoms with Gasteiger partial charge in [-0.25, -0.2) is 9.59 Å². The van der Waals surface area contributed by atoms with Gasteiger partial charge in [0.2, 0.25) is 5.91 Å². The molecule has 0 aromatic carbocycles. The van der Waals surface area contributed by atoms with Crippen molar-refractivity contribution in [2.75, 3.05) is 7.05 Å². The monoisotopic (exact) mass is 332 g/mol. The van der Waals surface area contributed by atoms with Crippen molar-refractivity contribution in [2.24, 2.45) is 0 Å². The largest absolute Gasteiger partial charge is 0.458 e. The number of rotatable bonds is 5. The van der Waals surface area contributed by atoms with Crippen LogP contribution in [0.15, 0.2) is 0 Å². The second kappa shape index (κ2) is 8.14. The van der Waals surface area contributed by atoms with Crippen LogP contribution in [0, 0.1) is 0 Å². The molecule has 0 aliphatic heterocycles. The lowest BCUT2D eigenvalue weighted by molar-refractivity contribution is -0.158. The number of nitrogens with one attached hydrogen (secondary N) is 2. The zero-order chi connectivity index (χ0) is 18.4. The average molecular weight is 332 g/mol. The Balaban J connectivity index is 5.03. The number of aliphatic hydroxyl groups is 1. The first-order chi connectivity index (χ1) is 10.2. The van der Waals surface area contributed by atoms with E-state index >= 15 is 0 Å². The molecule has 0 fully saturated rings. The third-order valence-corrected chi connectivity index (χ3v) is 2.39. The molecule has 0 aromatic heterocycles. The fraction of sp³-hybridized carbons (Fsp3) is 0.800. The number of hydrogen-bond donors (Lipinski definition) is 3. The van der Waals surface area contributed by atoms with Crippen molar-refractivity contribution in [1.82, 2.24) is 10.6 Å². The molecule has 8 nitrogen and oxygen atoms in total. The van der Waals surface area contributed by atoms with Gasteiger partial charge in [0, 0.05) is 13.5 Å². The van der Waals surface area contributed by atoms with Crippen molar-refractivity contribution in [3.05, 3.63) is 0 Å². The van der Waals surface area contributed by atoms with Gasteiger partial charge in [-0.05, 0) is 41.5 Å². The van der Waals surface area contributed by atoms with Crippen molar-refractivity contribution in [3.63, 3.8) is 0 Å². The minimum absolute atomic E-state index is 0.326. The summed E-state index contributed by atoms with van der Waals surface area (Å²) in [6.07, 6.45) is -2.63. The van der Waals surface area contributed by atoms with E-state index in [9.17, 15) is 19.5 Å². The highest BCUT2D eigenvalue weighted by molar-refractivity contribution is 5.84. The first kappa shape index (κ1) is 21.2. The number of alkyl carbamates (subject to hydrolysis) is 1. The Hall–Kier alpha value is -1.83. The Morgan fingerprint density at radius 1 is 1.00 bits per heavy atom. The van der Waals surface area contributed by atoms with Gasteiger partial charge in [0.25, 0.3) is 0 Å². The van der Waals surface area contributed by atoms with E-state index in [0.717, 1.165) is 0 Å². The molecular weight excluding hydrogens is 304 g/mol. The lowest BCUT2D eigenvalue weighted by Gasteiger charge is -2.27. The second-order valence-electron chi connectivity index (χ2n) is 7.10. The number of esters is 1. The van der Waals surface area contributed by atoms with Gasteiger partial charge in [-0.15, -0.1) is 0 Å². The number of likely N-dealkylation sites (N-methyl/N-ethyl adjacent to an activating group) is 1. The lowest BCUT2D eigenvalue weighted by atomic mass is 10.1. The molecule has 0 heterocycles. The minimum atomic E-state index is -1.47. The van der Waals surface area contributed by atoms with Crippen LogP contribution in [0.5, 0.6) is 0 Å². The van der Waals surface area contributed by atoms with Gasteiger partial charge < -0.3 is 25.2 Å². The van der Waals surface area contributed by atoms with Crippen LogP contribution in [-0.2, 0) is 19.1 Å². The summed E-state index contributed by atoms with van der Waals surface area (Å²) in [7, 11) is 1.36. The van der Waals surface area contributed by atoms with E-state index in [1.54, 1.807) is 41.5 Å². The highest BCUT2D eigenvalue weighted by Gasteiger charge is 2.32. The molecule has 134 valence electrons. The van der Waals surface area contributed by atoms with Gasteiger partial charge in [0.15, 0.2) is 0 Å². The van der Waals surface area contributed by atoms with Crippen LogP contribution >= 0.6 is 0 Å². The van der Waals surface area contributed by atoms with Gasteiger partial charge in [-0.2, -0.15) is 0 Å². The summed E-state index contributed by atoms with van der Waals surface area (Å²) in [5.41, 5.74) is -1.52. The lowest BCUT2D eigenvalue weighted by Crippen LogP contribution is -2.49. The normalized spacial score (nSPS) is 14.4. The smallest absolute Gasteiger partial charge is 0.408 e. The number of carbonyl (C=O) groups is 3. The predicted octanol–water partition coefficient (Wildman–Crippen LogP) is 0.718. The summed E-state index contributed by atoms with van der Waals surface area (Å²) in [4.78, 5) is 35.4. The molecule has 0 saturated carbocycles. The van der Waals surface area contributed by atoms with Crippen molar-refractivity contribution in [2.45, 2.75) is 71.3 Å². The number of hydrogen-bond acceptors (Lipinski definition) is 6. The van der Waals surface area contributed by atoms with Crippen LogP contribution in [0.2, 0.25) is 0 Å². The van der Waals surface area contributed by atoms with Gasteiger partial charge >= 0.3 is 12.1 Å². The molecule has 0 aromatic rings. The van der Waals surface area contributed by atoms with Crippen molar-refractivity contribution in [1.29, 1.82) is 0 Å². The Morgan fingerprint density at radius 2 is 1.48 bits per heavy atom. The summed E-state index contributed by atoms with van der Waals surface area (Å²) < 4.78 is 10.3. The maximum Gasteiger partial charge on any atom is 0.408 e. The standard InChI is InChI=1S/C15H28N2O6/c1-14(2,3)22-12(20)9(8-10(18)11(19)16-7)17-13(21)23-15(4,5)6/h9-10,18H,8H2,1-7H3,(H,16,19)(H,17,21)/t9-,10+/m1/s1. The molecule has 0 unspecified atom stereocenters. The molecule has 0 aliphatic carbocycles. The quantitative estimate of drug-likeness (QED) is 0.639. The number of amides is 2. The van der Waals surface area contributed by atoms with Crippen molar-refractivity contribution >= 4 is 18.0 Å². The van der Waals surface area contributed by atoms with Crippen LogP contribution in [0.25, 0.3) is 0 Å². The highest BCUT2D eigenvalue weighted by Crippen LogP contribution is 2.12. The zero-order valence-electron chi connectivity index (χ0n) is 14.9. The zero-order valence-corrected chi connectivity index (χ0v) is 14.9. The van der Waals surface area contributed by atoms with Crippen LogP contribution < -0.4 is 10.6 Å².